The van der Waals surface area contributed by atoms with Crippen LogP contribution in [-0.4, -0.2) is 38.1 Å². The SMILES string of the molecule is CCCN(CCCCCNC)CC1CC1. The van der Waals surface area contributed by atoms with Gasteiger partial charge in [0.25, 0.3) is 0 Å². The largest absolute Gasteiger partial charge is 0.320 e. The Labute approximate surface area is 95.4 Å². The normalized spacial score (nSPS) is 16.2. The highest BCUT2D eigenvalue weighted by atomic mass is 15.1. The van der Waals surface area contributed by atoms with Crippen LogP contribution in [0.3, 0.4) is 0 Å². The minimum atomic E-state index is 1.05. The zero-order valence-corrected chi connectivity index (χ0v) is 10.6. The van der Waals surface area contributed by atoms with E-state index in [0.29, 0.717) is 0 Å². The second-order valence-electron chi connectivity index (χ2n) is 4.91. The molecule has 0 aromatic rings. The molecule has 0 saturated heterocycles. The number of rotatable bonds is 10. The van der Waals surface area contributed by atoms with Crippen LogP contribution in [0.5, 0.6) is 0 Å². The lowest BCUT2D eigenvalue weighted by Gasteiger charge is -2.21. The van der Waals surface area contributed by atoms with Crippen LogP contribution in [0.1, 0.15) is 45.4 Å². The molecule has 1 saturated carbocycles. The highest BCUT2D eigenvalue weighted by molar-refractivity contribution is 4.77. The van der Waals surface area contributed by atoms with E-state index in [-0.39, 0.29) is 0 Å². The Morgan fingerprint density at radius 1 is 1.13 bits per heavy atom. The minimum Gasteiger partial charge on any atom is -0.320 e. The zero-order valence-electron chi connectivity index (χ0n) is 10.6. The van der Waals surface area contributed by atoms with E-state index in [9.17, 15) is 0 Å². The molecule has 15 heavy (non-hydrogen) atoms. The average Bonchev–Trinajstić information content (AvgIpc) is 3.01. The van der Waals surface area contributed by atoms with Crippen LogP contribution in [0.2, 0.25) is 0 Å². The monoisotopic (exact) mass is 212 g/mol. The lowest BCUT2D eigenvalue weighted by atomic mass is 10.2. The maximum absolute atomic E-state index is 3.21. The fraction of sp³-hybridized carbons (Fsp3) is 1.00. The molecule has 0 atom stereocenters. The Hall–Kier alpha value is -0.0800. The van der Waals surface area contributed by atoms with Crippen molar-refractivity contribution in [2.75, 3.05) is 33.2 Å². The summed E-state index contributed by atoms with van der Waals surface area (Å²) in [6, 6.07) is 0. The highest BCUT2D eigenvalue weighted by Crippen LogP contribution is 2.29. The first-order valence-electron chi connectivity index (χ1n) is 6.73. The second-order valence-corrected chi connectivity index (χ2v) is 4.91. The Bertz CT molecular complexity index is 143. The Morgan fingerprint density at radius 2 is 1.93 bits per heavy atom. The van der Waals surface area contributed by atoms with Crippen LogP contribution in [0.4, 0.5) is 0 Å². The molecule has 1 aliphatic rings. The summed E-state index contributed by atoms with van der Waals surface area (Å²) in [6.07, 6.45) is 8.38. The summed E-state index contributed by atoms with van der Waals surface area (Å²) < 4.78 is 0. The molecule has 1 rings (SSSR count). The quantitative estimate of drug-likeness (QED) is 0.560. The molecular weight excluding hydrogens is 184 g/mol. The van der Waals surface area contributed by atoms with Gasteiger partial charge in [-0.25, -0.2) is 0 Å². The predicted molar refractivity (Wildman–Crippen MR) is 67.2 cm³/mol. The van der Waals surface area contributed by atoms with Crippen molar-refractivity contribution in [3.8, 4) is 0 Å². The van der Waals surface area contributed by atoms with Crippen LogP contribution in [0.15, 0.2) is 0 Å². The van der Waals surface area contributed by atoms with Crippen LogP contribution < -0.4 is 5.32 Å². The smallest absolute Gasteiger partial charge is 0.000966 e. The van der Waals surface area contributed by atoms with Gasteiger partial charge in [0, 0.05) is 6.54 Å². The molecular formula is C13H28N2. The molecule has 1 aliphatic carbocycles. The summed E-state index contributed by atoms with van der Waals surface area (Å²) in [7, 11) is 2.04. The number of nitrogens with one attached hydrogen (secondary N) is 1. The van der Waals surface area contributed by atoms with Crippen LogP contribution in [0.25, 0.3) is 0 Å². The molecule has 0 radical (unpaired) electrons. The van der Waals surface area contributed by atoms with Crippen molar-refractivity contribution in [2.24, 2.45) is 5.92 Å². The third-order valence-electron chi connectivity index (χ3n) is 3.15. The van der Waals surface area contributed by atoms with E-state index in [1.165, 1.54) is 64.7 Å². The van der Waals surface area contributed by atoms with Crippen LogP contribution >= 0.6 is 0 Å². The summed E-state index contributed by atoms with van der Waals surface area (Å²) in [5.74, 6) is 1.05. The number of nitrogens with zero attached hydrogens (tertiary/aromatic N) is 1. The molecule has 2 nitrogen and oxygen atoms in total. The van der Waals surface area contributed by atoms with E-state index in [1.807, 2.05) is 7.05 Å². The van der Waals surface area contributed by atoms with Gasteiger partial charge in [-0.05, 0) is 64.7 Å². The molecule has 2 heteroatoms. The van der Waals surface area contributed by atoms with Gasteiger partial charge in [0.2, 0.25) is 0 Å². The molecule has 90 valence electrons. The number of unbranched alkanes of at least 4 members (excludes halogenated alkanes) is 2. The third kappa shape index (κ3) is 6.91. The average molecular weight is 212 g/mol. The molecule has 0 amide bonds. The summed E-state index contributed by atoms with van der Waals surface area (Å²) >= 11 is 0. The zero-order chi connectivity index (χ0) is 10.9. The third-order valence-corrected chi connectivity index (χ3v) is 3.15. The number of hydrogen-bond donors (Lipinski definition) is 1. The maximum atomic E-state index is 3.21. The first kappa shape index (κ1) is 13.0. The van der Waals surface area contributed by atoms with Crippen molar-refractivity contribution in [2.45, 2.75) is 45.4 Å². The number of hydrogen-bond acceptors (Lipinski definition) is 2. The molecule has 0 heterocycles. The van der Waals surface area contributed by atoms with Crippen molar-refractivity contribution >= 4 is 0 Å². The van der Waals surface area contributed by atoms with Gasteiger partial charge in [-0.1, -0.05) is 13.3 Å². The Kier molecular flexibility index (Phi) is 7.03. The van der Waals surface area contributed by atoms with Gasteiger partial charge in [0.1, 0.15) is 0 Å². The summed E-state index contributed by atoms with van der Waals surface area (Å²) in [4.78, 5) is 2.68. The summed E-state index contributed by atoms with van der Waals surface area (Å²) in [6.45, 7) is 7.48. The molecule has 0 aliphatic heterocycles. The fourth-order valence-corrected chi connectivity index (χ4v) is 2.09. The van der Waals surface area contributed by atoms with Crippen molar-refractivity contribution in [3.05, 3.63) is 0 Å². The first-order valence-corrected chi connectivity index (χ1v) is 6.73. The Balaban J connectivity index is 1.97. The topological polar surface area (TPSA) is 15.3 Å². The van der Waals surface area contributed by atoms with Gasteiger partial charge in [-0.15, -0.1) is 0 Å². The molecule has 0 spiro atoms. The first-order chi connectivity index (χ1) is 7.36. The van der Waals surface area contributed by atoms with Crippen molar-refractivity contribution < 1.29 is 0 Å². The highest BCUT2D eigenvalue weighted by Gasteiger charge is 2.23. The Morgan fingerprint density at radius 3 is 2.53 bits per heavy atom. The predicted octanol–water partition coefficient (Wildman–Crippen LogP) is 2.50. The lowest BCUT2D eigenvalue weighted by molar-refractivity contribution is 0.257. The van der Waals surface area contributed by atoms with Gasteiger partial charge in [0.15, 0.2) is 0 Å². The van der Waals surface area contributed by atoms with Gasteiger partial charge < -0.3 is 10.2 Å². The molecule has 0 bridgehead atoms. The van der Waals surface area contributed by atoms with E-state index < -0.39 is 0 Å². The van der Waals surface area contributed by atoms with Gasteiger partial charge in [0.05, 0.1) is 0 Å². The molecule has 1 fully saturated rings. The molecule has 1 N–H and O–H groups in total. The minimum absolute atomic E-state index is 1.05. The standard InChI is InChI=1S/C13H28N2/c1-3-10-15(12-13-7-8-13)11-6-4-5-9-14-2/h13-14H,3-12H2,1-2H3. The van der Waals surface area contributed by atoms with Gasteiger partial charge in [-0.3, -0.25) is 0 Å². The van der Waals surface area contributed by atoms with Crippen molar-refractivity contribution in [1.29, 1.82) is 0 Å². The lowest BCUT2D eigenvalue weighted by Crippen LogP contribution is -2.28. The van der Waals surface area contributed by atoms with Gasteiger partial charge >= 0.3 is 0 Å². The summed E-state index contributed by atoms with van der Waals surface area (Å²) in [5.41, 5.74) is 0. The maximum Gasteiger partial charge on any atom is 0.000966 e. The van der Waals surface area contributed by atoms with Crippen LogP contribution in [-0.2, 0) is 0 Å². The van der Waals surface area contributed by atoms with Crippen LogP contribution in [0, 0.1) is 5.92 Å². The molecule has 0 aromatic carbocycles. The fourth-order valence-electron chi connectivity index (χ4n) is 2.09. The molecule has 0 unspecified atom stereocenters. The van der Waals surface area contributed by atoms with Crippen molar-refractivity contribution in [1.82, 2.24) is 10.2 Å². The van der Waals surface area contributed by atoms with Gasteiger partial charge in [-0.2, -0.15) is 0 Å². The van der Waals surface area contributed by atoms with E-state index in [0.717, 1.165) is 5.92 Å². The van der Waals surface area contributed by atoms with E-state index in [4.69, 9.17) is 0 Å². The van der Waals surface area contributed by atoms with E-state index in [2.05, 4.69) is 17.1 Å². The van der Waals surface area contributed by atoms with Crippen molar-refractivity contribution in [3.63, 3.8) is 0 Å². The van der Waals surface area contributed by atoms with E-state index in [1.54, 1.807) is 0 Å². The second kappa shape index (κ2) is 8.12. The van der Waals surface area contributed by atoms with E-state index >= 15 is 0 Å². The molecule has 0 aromatic heterocycles. The summed E-state index contributed by atoms with van der Waals surface area (Å²) in [5, 5.41) is 3.21.